The molecule has 0 rings (SSSR count). The molecule has 12 heteroatoms. The number of nitrogens with two attached hydrogens (primary N) is 1. The lowest BCUT2D eigenvalue weighted by atomic mass is 9.97. The minimum atomic E-state index is -1.57. The summed E-state index contributed by atoms with van der Waals surface area (Å²) in [6.45, 7) is 5.86. The van der Waals surface area contributed by atoms with Gasteiger partial charge in [-0.15, -0.1) is 0 Å². The fourth-order valence-corrected chi connectivity index (χ4v) is 2.36. The van der Waals surface area contributed by atoms with Gasteiger partial charge >= 0.3 is 11.9 Å². The van der Waals surface area contributed by atoms with Gasteiger partial charge < -0.3 is 37.0 Å². The van der Waals surface area contributed by atoms with Gasteiger partial charge in [-0.25, -0.2) is 4.79 Å². The zero-order chi connectivity index (χ0) is 23.6. The van der Waals surface area contributed by atoms with Crippen LogP contribution in [0.1, 0.15) is 40.5 Å². The van der Waals surface area contributed by atoms with Gasteiger partial charge in [0, 0.05) is 0 Å². The standard InChI is InChI=1S/C18H32N4O8/c1-5-9(4)14(17(28)21-11(7-23)18(29)30)22-15(26)10(6-12(24)25)20-16(27)13(19)8(2)3/h8-11,13-14,23H,5-7,19H2,1-4H3,(H,20,27)(H,21,28)(H,22,26)(H,24,25)(H,29,30). The fourth-order valence-electron chi connectivity index (χ4n) is 2.36. The van der Waals surface area contributed by atoms with Crippen LogP contribution in [0, 0.1) is 11.8 Å². The molecule has 5 atom stereocenters. The Balaban J connectivity index is 5.51. The molecule has 3 amide bonds. The molecule has 0 aromatic carbocycles. The number of rotatable bonds is 13. The molecule has 0 heterocycles. The number of carboxylic acid groups (broad SMARTS) is 2. The Morgan fingerprint density at radius 3 is 1.80 bits per heavy atom. The maximum Gasteiger partial charge on any atom is 0.328 e. The predicted octanol–water partition coefficient (Wildman–Crippen LogP) is -1.98. The van der Waals surface area contributed by atoms with E-state index in [0.717, 1.165) is 0 Å². The second-order valence-corrected chi connectivity index (χ2v) is 7.38. The molecule has 0 aromatic rings. The average Bonchev–Trinajstić information content (AvgIpc) is 2.67. The van der Waals surface area contributed by atoms with Crippen molar-refractivity contribution in [3.05, 3.63) is 0 Å². The van der Waals surface area contributed by atoms with Gasteiger partial charge in [0.15, 0.2) is 0 Å². The Labute approximate surface area is 174 Å². The van der Waals surface area contributed by atoms with Crippen LogP contribution in [0.4, 0.5) is 0 Å². The summed E-state index contributed by atoms with van der Waals surface area (Å²) in [5.74, 6) is -6.05. The molecule has 0 saturated heterocycles. The molecule has 30 heavy (non-hydrogen) atoms. The summed E-state index contributed by atoms with van der Waals surface area (Å²) in [4.78, 5) is 59.5. The van der Waals surface area contributed by atoms with E-state index in [1.54, 1.807) is 27.7 Å². The predicted molar refractivity (Wildman–Crippen MR) is 105 cm³/mol. The first-order valence-electron chi connectivity index (χ1n) is 9.57. The van der Waals surface area contributed by atoms with Crippen molar-refractivity contribution in [1.29, 1.82) is 0 Å². The Hall–Kier alpha value is -2.73. The van der Waals surface area contributed by atoms with E-state index >= 15 is 0 Å². The molecule has 0 aromatic heterocycles. The summed E-state index contributed by atoms with van der Waals surface area (Å²) in [6.07, 6.45) is -0.324. The normalized spacial score (nSPS) is 16.0. The maximum atomic E-state index is 12.7. The van der Waals surface area contributed by atoms with Gasteiger partial charge in [-0.2, -0.15) is 0 Å². The number of aliphatic carboxylic acids is 2. The van der Waals surface area contributed by atoms with Gasteiger partial charge in [-0.05, 0) is 11.8 Å². The monoisotopic (exact) mass is 432 g/mol. The molecule has 0 radical (unpaired) electrons. The largest absolute Gasteiger partial charge is 0.481 e. The molecule has 0 aliphatic heterocycles. The number of carbonyl (C=O) groups is 5. The summed E-state index contributed by atoms with van der Waals surface area (Å²) < 4.78 is 0. The van der Waals surface area contributed by atoms with E-state index in [1.165, 1.54) is 0 Å². The van der Waals surface area contributed by atoms with Crippen LogP contribution in [-0.2, 0) is 24.0 Å². The highest BCUT2D eigenvalue weighted by molar-refractivity contribution is 5.95. The van der Waals surface area contributed by atoms with Crippen LogP contribution in [0.15, 0.2) is 0 Å². The van der Waals surface area contributed by atoms with Gasteiger partial charge in [0.05, 0.1) is 19.1 Å². The average molecular weight is 432 g/mol. The van der Waals surface area contributed by atoms with Crippen molar-refractivity contribution >= 4 is 29.7 Å². The molecule has 0 aliphatic rings. The third-order valence-electron chi connectivity index (χ3n) is 4.62. The van der Waals surface area contributed by atoms with Crippen LogP contribution in [-0.4, -0.2) is 75.8 Å². The maximum absolute atomic E-state index is 12.7. The first kappa shape index (κ1) is 27.3. The van der Waals surface area contributed by atoms with E-state index in [9.17, 15) is 24.0 Å². The van der Waals surface area contributed by atoms with Gasteiger partial charge in [0.2, 0.25) is 17.7 Å². The number of hydrogen-bond acceptors (Lipinski definition) is 7. The lowest BCUT2D eigenvalue weighted by molar-refractivity contribution is -0.144. The summed E-state index contributed by atoms with van der Waals surface area (Å²) in [6, 6.07) is -5.25. The van der Waals surface area contributed by atoms with Crippen LogP contribution < -0.4 is 21.7 Å². The highest BCUT2D eigenvalue weighted by Gasteiger charge is 2.33. The first-order chi connectivity index (χ1) is 13.8. The van der Waals surface area contributed by atoms with Gasteiger partial charge in [0.25, 0.3) is 0 Å². The van der Waals surface area contributed by atoms with Crippen molar-refractivity contribution in [3.63, 3.8) is 0 Å². The van der Waals surface area contributed by atoms with Gasteiger partial charge in [0.1, 0.15) is 18.1 Å². The molecular weight excluding hydrogens is 400 g/mol. The fraction of sp³-hybridized carbons (Fsp3) is 0.722. The van der Waals surface area contributed by atoms with E-state index in [0.29, 0.717) is 6.42 Å². The Morgan fingerprint density at radius 2 is 1.40 bits per heavy atom. The number of amides is 3. The number of carbonyl (C=O) groups excluding carboxylic acids is 3. The van der Waals surface area contributed by atoms with Crippen molar-refractivity contribution in [3.8, 4) is 0 Å². The number of aliphatic hydroxyl groups excluding tert-OH is 1. The van der Waals surface area contributed by atoms with E-state index in [1.807, 2.05) is 0 Å². The van der Waals surface area contributed by atoms with E-state index in [4.69, 9.17) is 21.1 Å². The van der Waals surface area contributed by atoms with Crippen molar-refractivity contribution < 1.29 is 39.3 Å². The second kappa shape index (κ2) is 12.8. The summed E-state index contributed by atoms with van der Waals surface area (Å²) in [7, 11) is 0. The van der Waals surface area contributed by atoms with Crippen LogP contribution >= 0.6 is 0 Å². The Bertz CT molecular complexity index is 640. The van der Waals surface area contributed by atoms with Crippen molar-refractivity contribution in [2.24, 2.45) is 17.6 Å². The zero-order valence-electron chi connectivity index (χ0n) is 17.5. The molecule has 5 unspecified atom stereocenters. The molecule has 12 nitrogen and oxygen atoms in total. The molecule has 0 spiro atoms. The Morgan fingerprint density at radius 1 is 0.867 bits per heavy atom. The number of carboxylic acids is 2. The minimum absolute atomic E-state index is 0.261. The second-order valence-electron chi connectivity index (χ2n) is 7.38. The topological polar surface area (TPSA) is 208 Å². The number of hydrogen-bond donors (Lipinski definition) is 7. The molecule has 0 saturated carbocycles. The highest BCUT2D eigenvalue weighted by atomic mass is 16.4. The van der Waals surface area contributed by atoms with E-state index in [2.05, 4.69) is 16.0 Å². The third-order valence-corrected chi connectivity index (χ3v) is 4.62. The number of nitrogens with one attached hydrogen (secondary N) is 3. The lowest BCUT2D eigenvalue weighted by Crippen LogP contribution is -2.59. The van der Waals surface area contributed by atoms with Crippen molar-refractivity contribution in [2.45, 2.75) is 64.7 Å². The quantitative estimate of drug-likeness (QED) is 0.172. The summed E-state index contributed by atoms with van der Waals surface area (Å²) in [5.41, 5.74) is 5.72. The van der Waals surface area contributed by atoms with Crippen LogP contribution in [0.2, 0.25) is 0 Å². The summed E-state index contributed by atoms with van der Waals surface area (Å²) in [5, 5.41) is 33.9. The minimum Gasteiger partial charge on any atom is -0.481 e. The Kier molecular flexibility index (Phi) is 11.6. The molecule has 172 valence electrons. The lowest BCUT2D eigenvalue weighted by Gasteiger charge is -2.27. The zero-order valence-corrected chi connectivity index (χ0v) is 17.5. The summed E-state index contributed by atoms with van der Waals surface area (Å²) >= 11 is 0. The third kappa shape index (κ3) is 8.74. The molecule has 0 fully saturated rings. The van der Waals surface area contributed by atoms with E-state index in [-0.39, 0.29) is 5.92 Å². The van der Waals surface area contributed by atoms with Crippen molar-refractivity contribution in [2.75, 3.05) is 6.61 Å². The first-order valence-corrected chi connectivity index (χ1v) is 9.57. The van der Waals surface area contributed by atoms with Crippen LogP contribution in [0.25, 0.3) is 0 Å². The van der Waals surface area contributed by atoms with E-state index < -0.39 is 72.8 Å². The molecular formula is C18H32N4O8. The van der Waals surface area contributed by atoms with Crippen molar-refractivity contribution in [1.82, 2.24) is 16.0 Å². The smallest absolute Gasteiger partial charge is 0.328 e. The molecule has 0 bridgehead atoms. The van der Waals surface area contributed by atoms with Crippen LogP contribution in [0.3, 0.4) is 0 Å². The highest BCUT2D eigenvalue weighted by Crippen LogP contribution is 2.10. The number of aliphatic hydroxyl groups is 1. The van der Waals surface area contributed by atoms with Gasteiger partial charge in [-0.1, -0.05) is 34.1 Å². The van der Waals surface area contributed by atoms with Gasteiger partial charge in [-0.3, -0.25) is 19.2 Å². The molecule has 0 aliphatic carbocycles. The SMILES string of the molecule is CCC(C)C(NC(=O)C(CC(=O)O)NC(=O)C(N)C(C)C)C(=O)NC(CO)C(=O)O. The van der Waals surface area contributed by atoms with Crippen LogP contribution in [0.5, 0.6) is 0 Å². The molecule has 8 N–H and O–H groups in total.